The van der Waals surface area contributed by atoms with Crippen molar-refractivity contribution < 1.29 is 18.6 Å². The Morgan fingerprint density at radius 1 is 1.34 bits per heavy atom. The maximum atomic E-state index is 12.7. The molecule has 1 amide bonds. The van der Waals surface area contributed by atoms with Crippen LogP contribution in [-0.4, -0.2) is 69.6 Å². The minimum absolute atomic E-state index is 0.00946. The summed E-state index contributed by atoms with van der Waals surface area (Å²) < 4.78 is 13.7. The number of amides is 1. The molecule has 1 heterocycles. The predicted octanol–water partition coefficient (Wildman–Crippen LogP) is 3.40. The second kappa shape index (κ2) is 12.6. The van der Waals surface area contributed by atoms with Gasteiger partial charge in [0.2, 0.25) is 5.91 Å². The summed E-state index contributed by atoms with van der Waals surface area (Å²) in [6.07, 6.45) is 7.35. The van der Waals surface area contributed by atoms with Gasteiger partial charge in [0.15, 0.2) is 18.6 Å². The van der Waals surface area contributed by atoms with Crippen LogP contribution in [0.5, 0.6) is 0 Å². The highest BCUT2D eigenvalue weighted by Gasteiger charge is 2.29. The third-order valence-corrected chi connectivity index (χ3v) is 5.45. The van der Waals surface area contributed by atoms with Crippen molar-refractivity contribution in [1.82, 2.24) is 19.0 Å². The summed E-state index contributed by atoms with van der Waals surface area (Å²) in [6.45, 7) is 6.19. The number of aliphatic hydroxyl groups is 1. The molecule has 1 fully saturated rings. The van der Waals surface area contributed by atoms with Crippen molar-refractivity contribution in [1.29, 1.82) is 0 Å². The zero-order valence-corrected chi connectivity index (χ0v) is 18.8. The summed E-state index contributed by atoms with van der Waals surface area (Å²) in [4.78, 5) is 27.2. The van der Waals surface area contributed by atoms with Gasteiger partial charge in [-0.3, -0.25) is 9.59 Å². The molecule has 0 aromatic carbocycles. The minimum atomic E-state index is -0.0536. The van der Waals surface area contributed by atoms with Gasteiger partial charge in [-0.15, -0.1) is 3.89 Å². The first-order valence-electron chi connectivity index (χ1n) is 10.0. The molecule has 164 valence electrons. The number of hydrogen-bond acceptors (Lipinski definition) is 6. The van der Waals surface area contributed by atoms with Gasteiger partial charge in [-0.1, -0.05) is 13.8 Å². The average Bonchev–Trinajstić information content (AvgIpc) is 3.18. The fourth-order valence-electron chi connectivity index (χ4n) is 3.57. The van der Waals surface area contributed by atoms with E-state index < -0.39 is 0 Å². The van der Waals surface area contributed by atoms with Crippen molar-refractivity contribution in [2.45, 2.75) is 52.5 Å². The van der Waals surface area contributed by atoms with Gasteiger partial charge in [-0.25, -0.2) is 0 Å². The van der Waals surface area contributed by atoms with Crippen LogP contribution in [0.3, 0.4) is 0 Å². The largest absolute Gasteiger partial charge is 0.395 e. The van der Waals surface area contributed by atoms with Crippen LogP contribution in [0.4, 0.5) is 3.89 Å². The minimum Gasteiger partial charge on any atom is -0.395 e. The van der Waals surface area contributed by atoms with Gasteiger partial charge in [0.1, 0.15) is 5.69 Å². The molecule has 1 aromatic heterocycles. The number of carbonyl (C=O) groups is 2. The van der Waals surface area contributed by atoms with E-state index in [1.54, 1.807) is 11.9 Å². The van der Waals surface area contributed by atoms with Crippen molar-refractivity contribution in [3.8, 4) is 0 Å². The Morgan fingerprint density at radius 3 is 2.48 bits per heavy atom. The van der Waals surface area contributed by atoms with Crippen molar-refractivity contribution in [3.05, 3.63) is 23.7 Å². The van der Waals surface area contributed by atoms with Crippen LogP contribution in [-0.2, 0) is 4.79 Å². The Bertz CT molecular complexity index is 687. The lowest BCUT2D eigenvalue weighted by Crippen LogP contribution is -2.39. The van der Waals surface area contributed by atoms with Crippen LogP contribution in [0.1, 0.15) is 62.5 Å². The highest BCUT2D eigenvalue weighted by Crippen LogP contribution is 2.29. The van der Waals surface area contributed by atoms with E-state index in [0.717, 1.165) is 35.3 Å². The van der Waals surface area contributed by atoms with E-state index in [9.17, 15) is 13.5 Å². The van der Waals surface area contributed by atoms with E-state index in [1.165, 1.54) is 6.20 Å². The van der Waals surface area contributed by atoms with Crippen molar-refractivity contribution in [2.24, 2.45) is 5.92 Å². The molecule has 9 heteroatoms. The smallest absolute Gasteiger partial charge is 0.225 e. The van der Waals surface area contributed by atoms with Crippen LogP contribution < -0.4 is 0 Å². The molecule has 0 saturated heterocycles. The molecule has 0 aliphatic heterocycles. The molecule has 29 heavy (non-hydrogen) atoms. The highest BCUT2D eigenvalue weighted by molar-refractivity contribution is 7.92. The van der Waals surface area contributed by atoms with E-state index in [1.807, 2.05) is 34.0 Å². The number of aromatic nitrogens is 2. The van der Waals surface area contributed by atoms with Gasteiger partial charge in [-0.05, 0) is 38.2 Å². The highest BCUT2D eigenvalue weighted by atomic mass is 32.2. The molecule has 1 saturated carbocycles. The molecule has 0 unspecified atom stereocenters. The normalized spacial score (nSPS) is 19.2. The molecule has 0 spiro atoms. The van der Waals surface area contributed by atoms with Gasteiger partial charge >= 0.3 is 0 Å². The Labute approximate surface area is 177 Å². The number of hydrogen-bond donors (Lipinski definition) is 1. The van der Waals surface area contributed by atoms with E-state index in [-0.39, 0.29) is 30.8 Å². The van der Waals surface area contributed by atoms with Crippen LogP contribution in [0.15, 0.2) is 12.4 Å². The lowest BCUT2D eigenvalue weighted by atomic mass is 9.84. The van der Waals surface area contributed by atoms with Gasteiger partial charge in [0, 0.05) is 38.8 Å². The number of likely N-dealkylation sites (N-methyl/N-ethyl adjacent to an activating group) is 1. The standard InChI is InChI=1S/C18H27FN4O3S.C2H6/c1-13(17-15(12-25)11-23(20-17)27-19)10-22(3)16-6-4-14(5-7-16)18(26)21(2)8-9-24;1-2/h10-12,14,16,24H,4-9H2,1-3H3;1-2H3/b13-10-;. The number of halogens is 1. The van der Waals surface area contributed by atoms with Gasteiger partial charge in [0.25, 0.3) is 0 Å². The zero-order chi connectivity index (χ0) is 22.0. The fourth-order valence-corrected chi connectivity index (χ4v) is 3.83. The third-order valence-electron chi connectivity index (χ3n) is 5.12. The van der Waals surface area contributed by atoms with E-state index >= 15 is 0 Å². The summed E-state index contributed by atoms with van der Waals surface area (Å²) in [5.74, 6) is 0.108. The second-order valence-corrected chi connectivity index (χ2v) is 7.50. The Morgan fingerprint density at radius 2 is 1.97 bits per heavy atom. The SMILES string of the molecule is C/C(=C/N(C)C1CCC(C(=O)N(C)CCO)CC1)c1nn(SF)cc1C=O.CC. The molecule has 0 bridgehead atoms. The predicted molar refractivity (Wildman–Crippen MR) is 115 cm³/mol. The van der Waals surface area contributed by atoms with E-state index in [0.29, 0.717) is 30.1 Å². The zero-order valence-electron chi connectivity index (χ0n) is 18.0. The Hall–Kier alpha value is -1.87. The molecule has 2 rings (SSSR count). The van der Waals surface area contributed by atoms with Crippen molar-refractivity contribution in [2.75, 3.05) is 27.2 Å². The lowest BCUT2D eigenvalue weighted by molar-refractivity contribution is -0.135. The topological polar surface area (TPSA) is 78.7 Å². The molecular formula is C20H33FN4O3S. The number of nitrogens with zero attached hydrogens (tertiary/aromatic N) is 4. The summed E-state index contributed by atoms with van der Waals surface area (Å²) in [5.41, 5.74) is 1.60. The van der Waals surface area contributed by atoms with Crippen molar-refractivity contribution in [3.63, 3.8) is 0 Å². The summed E-state index contributed by atoms with van der Waals surface area (Å²) in [7, 11) is 3.69. The van der Waals surface area contributed by atoms with E-state index in [2.05, 4.69) is 10.00 Å². The summed E-state index contributed by atoms with van der Waals surface area (Å²) >= 11 is -0.0536. The Kier molecular flexibility index (Phi) is 11.0. The number of carbonyl (C=O) groups excluding carboxylic acids is 2. The van der Waals surface area contributed by atoms with E-state index in [4.69, 9.17) is 5.11 Å². The van der Waals surface area contributed by atoms with Gasteiger partial charge in [-0.2, -0.15) is 9.19 Å². The number of rotatable bonds is 8. The molecule has 7 nitrogen and oxygen atoms in total. The first-order valence-corrected chi connectivity index (χ1v) is 10.7. The number of allylic oxidation sites excluding steroid dienone is 1. The fraction of sp³-hybridized carbons (Fsp3) is 0.650. The molecule has 1 aliphatic carbocycles. The lowest BCUT2D eigenvalue weighted by Gasteiger charge is -2.35. The summed E-state index contributed by atoms with van der Waals surface area (Å²) in [5, 5.41) is 13.1. The first-order chi connectivity index (χ1) is 13.9. The van der Waals surface area contributed by atoms with Crippen LogP contribution in [0.25, 0.3) is 5.57 Å². The average molecular weight is 429 g/mol. The maximum absolute atomic E-state index is 12.7. The van der Waals surface area contributed by atoms with Gasteiger partial charge < -0.3 is 14.9 Å². The van der Waals surface area contributed by atoms with Crippen LogP contribution >= 0.6 is 12.3 Å². The molecular weight excluding hydrogens is 395 g/mol. The molecule has 0 radical (unpaired) electrons. The van der Waals surface area contributed by atoms with Gasteiger partial charge in [0.05, 0.1) is 18.4 Å². The Balaban J connectivity index is 0.00000204. The molecule has 1 aromatic rings. The monoisotopic (exact) mass is 428 g/mol. The molecule has 1 N–H and O–H groups in total. The molecule has 1 aliphatic rings. The van der Waals surface area contributed by atoms with Crippen molar-refractivity contribution >= 4 is 30.1 Å². The number of aliphatic hydroxyl groups excluding tert-OH is 1. The quantitative estimate of drug-likeness (QED) is 0.640. The second-order valence-electron chi connectivity index (χ2n) is 6.99. The number of aldehydes is 1. The summed E-state index contributed by atoms with van der Waals surface area (Å²) in [6, 6.07) is 0.296. The maximum Gasteiger partial charge on any atom is 0.225 e. The third kappa shape index (κ3) is 6.85. The first kappa shape index (κ1) is 25.2. The van der Waals surface area contributed by atoms with Crippen LogP contribution in [0, 0.1) is 5.92 Å². The molecule has 0 atom stereocenters. The van der Waals surface area contributed by atoms with Crippen LogP contribution in [0.2, 0.25) is 0 Å².